The van der Waals surface area contributed by atoms with Gasteiger partial charge < -0.3 is 28.8 Å². The van der Waals surface area contributed by atoms with Gasteiger partial charge >= 0.3 is 29.8 Å². The Morgan fingerprint density at radius 2 is 1.54 bits per heavy atom. The number of aliphatic hydroxyl groups excluding tert-OH is 1. The van der Waals surface area contributed by atoms with Crippen molar-refractivity contribution in [3.05, 3.63) is 23.3 Å². The summed E-state index contributed by atoms with van der Waals surface area (Å²) in [6.45, 7) is 11.4. The maximum atomic E-state index is 13.2. The molecule has 1 rings (SSSR count). The van der Waals surface area contributed by atoms with Crippen LogP contribution in [0.25, 0.3) is 0 Å². The van der Waals surface area contributed by atoms with Crippen LogP contribution in [0, 0.1) is 17.8 Å². The molecule has 1 N–H and O–H groups in total. The molecule has 7 atom stereocenters. The molecule has 0 fully saturated rings. The molecule has 0 spiro atoms. The van der Waals surface area contributed by atoms with Crippen molar-refractivity contribution in [1.82, 2.24) is 0 Å². The number of carbonyl (C=O) groups is 5. The van der Waals surface area contributed by atoms with E-state index in [1.54, 1.807) is 27.7 Å². The molecule has 0 saturated heterocycles. The summed E-state index contributed by atoms with van der Waals surface area (Å²) >= 11 is 0. The maximum Gasteiger partial charge on any atom is 0.313 e. The normalized spacial score (nSPS) is 26.7. The average Bonchev–Trinajstić information content (AvgIpc) is 2.81. The highest BCUT2D eigenvalue weighted by atomic mass is 16.6. The van der Waals surface area contributed by atoms with Crippen molar-refractivity contribution in [2.75, 3.05) is 13.2 Å². The summed E-state index contributed by atoms with van der Waals surface area (Å²) in [5.74, 6) is -5.22. The number of ether oxygens (including phenoxy) is 5. The van der Waals surface area contributed by atoms with Gasteiger partial charge in [0.2, 0.25) is 0 Å². The Morgan fingerprint density at radius 3 is 2.08 bits per heavy atom. The van der Waals surface area contributed by atoms with Gasteiger partial charge in [-0.1, -0.05) is 19.1 Å². The Labute approximate surface area is 229 Å². The molecular weight excluding hydrogens is 512 g/mol. The van der Waals surface area contributed by atoms with Crippen LogP contribution in [0.2, 0.25) is 0 Å². The molecule has 1 aliphatic rings. The third-order valence-electron chi connectivity index (χ3n) is 6.50. The lowest BCUT2D eigenvalue weighted by molar-refractivity contribution is -0.179. The minimum Gasteiger partial charge on any atom is -0.466 e. The summed E-state index contributed by atoms with van der Waals surface area (Å²) in [6, 6.07) is 0. The molecule has 220 valence electrons. The van der Waals surface area contributed by atoms with Gasteiger partial charge in [0.1, 0.15) is 18.8 Å². The van der Waals surface area contributed by atoms with Crippen molar-refractivity contribution in [3.63, 3.8) is 0 Å². The second kappa shape index (κ2) is 16.0. The van der Waals surface area contributed by atoms with Crippen LogP contribution in [0.5, 0.6) is 0 Å². The van der Waals surface area contributed by atoms with Crippen molar-refractivity contribution in [2.24, 2.45) is 17.8 Å². The molecule has 39 heavy (non-hydrogen) atoms. The van der Waals surface area contributed by atoms with E-state index in [0.717, 1.165) is 0 Å². The lowest BCUT2D eigenvalue weighted by Gasteiger charge is -2.39. The van der Waals surface area contributed by atoms with Crippen LogP contribution < -0.4 is 0 Å². The standard InChI is InChI=1S/C28H42O11/c1-15-10-9-11-23(14-36-20(6)30)12-24(33)25(16(2)13-35-19(5)29)27(38-22(8)32)26(15)39-28(34)17(3)18(4)37-21(7)31/h10,12,16-18,24-27,33H,9,11,13-14H2,1-8H3/b15-10+,23-12-/t16-,17+,18-,24-,25+,26+,27+/m1/s1. The van der Waals surface area contributed by atoms with Crippen molar-refractivity contribution in [1.29, 1.82) is 0 Å². The first-order chi connectivity index (χ1) is 18.1. The van der Waals surface area contributed by atoms with Gasteiger partial charge in [0, 0.05) is 33.6 Å². The van der Waals surface area contributed by atoms with Crippen LogP contribution in [-0.4, -0.2) is 72.6 Å². The SMILES string of the molecule is CC(=O)OC/C1=C\[C@@H](O)[C@H]([C@H](C)COC(C)=O)[C@H](OC(C)=O)[C@@H](OC(=O)[C@@H](C)[C@@H](C)OC(C)=O)/C(C)=C/CC1. The van der Waals surface area contributed by atoms with Crippen molar-refractivity contribution < 1.29 is 52.8 Å². The Kier molecular flexibility index (Phi) is 13.9. The molecule has 0 aliphatic heterocycles. The highest BCUT2D eigenvalue weighted by molar-refractivity contribution is 5.74. The van der Waals surface area contributed by atoms with Crippen LogP contribution in [0.4, 0.5) is 0 Å². The smallest absolute Gasteiger partial charge is 0.313 e. The zero-order valence-corrected chi connectivity index (χ0v) is 24.1. The third kappa shape index (κ3) is 11.6. The van der Waals surface area contributed by atoms with Gasteiger partial charge in [-0.25, -0.2) is 0 Å². The number of esters is 5. The first-order valence-electron chi connectivity index (χ1n) is 13.0. The predicted molar refractivity (Wildman–Crippen MR) is 139 cm³/mol. The molecule has 11 heteroatoms. The summed E-state index contributed by atoms with van der Waals surface area (Å²) < 4.78 is 27.1. The monoisotopic (exact) mass is 554 g/mol. The number of hydrogen-bond donors (Lipinski definition) is 1. The van der Waals surface area contributed by atoms with Gasteiger partial charge in [-0.2, -0.15) is 0 Å². The summed E-state index contributed by atoms with van der Waals surface area (Å²) in [5.41, 5.74) is 1.21. The van der Waals surface area contributed by atoms with Crippen molar-refractivity contribution in [3.8, 4) is 0 Å². The summed E-state index contributed by atoms with van der Waals surface area (Å²) in [5, 5.41) is 11.4. The van der Waals surface area contributed by atoms with E-state index in [2.05, 4.69) is 0 Å². The molecule has 1 aliphatic carbocycles. The lowest BCUT2D eigenvalue weighted by atomic mass is 9.79. The number of allylic oxidation sites excluding steroid dienone is 1. The largest absolute Gasteiger partial charge is 0.466 e. The fourth-order valence-corrected chi connectivity index (χ4v) is 4.31. The average molecular weight is 555 g/mol. The van der Waals surface area contributed by atoms with Crippen LogP contribution in [0.3, 0.4) is 0 Å². The second-order valence-electron chi connectivity index (χ2n) is 9.97. The van der Waals surface area contributed by atoms with E-state index >= 15 is 0 Å². The summed E-state index contributed by atoms with van der Waals surface area (Å²) in [4.78, 5) is 59.7. The van der Waals surface area contributed by atoms with Gasteiger partial charge in [-0.05, 0) is 50.7 Å². The first kappa shape index (κ1) is 33.8. The molecule has 0 aromatic carbocycles. The Morgan fingerprint density at radius 1 is 0.923 bits per heavy atom. The molecule has 0 bridgehead atoms. The third-order valence-corrected chi connectivity index (χ3v) is 6.50. The zero-order chi connectivity index (χ0) is 29.9. The lowest BCUT2D eigenvalue weighted by Crippen LogP contribution is -2.49. The molecular formula is C28H42O11. The van der Waals surface area contributed by atoms with Gasteiger partial charge in [-0.3, -0.25) is 24.0 Å². The van der Waals surface area contributed by atoms with E-state index in [9.17, 15) is 29.1 Å². The molecule has 0 amide bonds. The van der Waals surface area contributed by atoms with Gasteiger partial charge in [-0.15, -0.1) is 0 Å². The number of aliphatic hydroxyl groups is 1. The molecule has 11 nitrogen and oxygen atoms in total. The van der Waals surface area contributed by atoms with E-state index in [4.69, 9.17) is 23.7 Å². The van der Waals surface area contributed by atoms with Crippen LogP contribution in [0.1, 0.15) is 68.2 Å². The van der Waals surface area contributed by atoms with Crippen molar-refractivity contribution >= 4 is 29.8 Å². The van der Waals surface area contributed by atoms with Gasteiger partial charge in [0.15, 0.2) is 6.10 Å². The van der Waals surface area contributed by atoms with E-state index in [-0.39, 0.29) is 13.2 Å². The minimum atomic E-state index is -1.25. The summed E-state index contributed by atoms with van der Waals surface area (Å²) in [7, 11) is 0. The maximum absolute atomic E-state index is 13.2. The fraction of sp³-hybridized carbons (Fsp3) is 0.679. The van der Waals surface area contributed by atoms with Crippen LogP contribution in [-0.2, 0) is 47.7 Å². The highest BCUT2D eigenvalue weighted by Crippen LogP contribution is 2.33. The molecule has 0 unspecified atom stereocenters. The highest BCUT2D eigenvalue weighted by Gasteiger charge is 2.43. The zero-order valence-electron chi connectivity index (χ0n) is 24.1. The number of hydrogen-bond acceptors (Lipinski definition) is 11. The van der Waals surface area contributed by atoms with E-state index in [1.165, 1.54) is 33.8 Å². The number of carbonyl (C=O) groups excluding carboxylic acids is 5. The number of rotatable bonds is 10. The molecule has 0 radical (unpaired) electrons. The van der Waals surface area contributed by atoms with Gasteiger partial charge in [0.05, 0.1) is 18.6 Å². The van der Waals surface area contributed by atoms with Gasteiger partial charge in [0.25, 0.3) is 0 Å². The van der Waals surface area contributed by atoms with Crippen LogP contribution >= 0.6 is 0 Å². The second-order valence-corrected chi connectivity index (χ2v) is 9.97. The Hall–Kier alpha value is -3.21. The summed E-state index contributed by atoms with van der Waals surface area (Å²) in [6.07, 6.45) is -0.0584. The quantitative estimate of drug-likeness (QED) is 0.241. The molecule has 0 aromatic rings. The predicted octanol–water partition coefficient (Wildman–Crippen LogP) is 2.82. The fourth-order valence-electron chi connectivity index (χ4n) is 4.31. The Bertz CT molecular complexity index is 951. The van der Waals surface area contributed by atoms with E-state index in [1.807, 2.05) is 6.08 Å². The molecule has 0 saturated carbocycles. The minimum absolute atomic E-state index is 0.0352. The van der Waals surface area contributed by atoms with Crippen LogP contribution in [0.15, 0.2) is 23.3 Å². The van der Waals surface area contributed by atoms with E-state index < -0.39 is 72.0 Å². The topological polar surface area (TPSA) is 152 Å². The molecule has 0 aromatic heterocycles. The molecule has 0 heterocycles. The van der Waals surface area contributed by atoms with E-state index in [0.29, 0.717) is 24.0 Å². The van der Waals surface area contributed by atoms with Crippen molar-refractivity contribution in [2.45, 2.75) is 92.6 Å². The Balaban J connectivity index is 3.57. The first-order valence-corrected chi connectivity index (χ1v) is 13.0.